The first-order valence-corrected chi connectivity index (χ1v) is 6.22. The predicted octanol–water partition coefficient (Wildman–Crippen LogP) is 0.653. The van der Waals surface area contributed by atoms with Gasteiger partial charge < -0.3 is 19.6 Å². The van der Waals surface area contributed by atoms with Crippen molar-refractivity contribution >= 4 is 5.71 Å². The molecule has 1 atom stereocenters. The smallest absolute Gasteiger partial charge is 0.134 e. The van der Waals surface area contributed by atoms with Crippen LogP contribution in [-0.4, -0.2) is 51.8 Å². The quantitative estimate of drug-likeness (QED) is 0.445. The molecule has 1 heterocycles. The molecule has 1 fully saturated rings. The van der Waals surface area contributed by atoms with Crippen LogP contribution in [0, 0.1) is 17.8 Å². The van der Waals surface area contributed by atoms with Crippen LogP contribution in [0.2, 0.25) is 0 Å². The van der Waals surface area contributed by atoms with Gasteiger partial charge in [-0.15, -0.1) is 0 Å². The summed E-state index contributed by atoms with van der Waals surface area (Å²) in [6, 6.07) is 0.211. The molecule has 0 unspecified atom stereocenters. The first-order valence-electron chi connectivity index (χ1n) is 6.22. The highest BCUT2D eigenvalue weighted by molar-refractivity contribution is 6.01. The lowest BCUT2D eigenvalue weighted by molar-refractivity contribution is 0.0308. The van der Waals surface area contributed by atoms with Gasteiger partial charge in [0.15, 0.2) is 0 Å². The summed E-state index contributed by atoms with van der Waals surface area (Å²) in [5, 5.41) is 7.38. The van der Waals surface area contributed by atoms with Gasteiger partial charge in [0.05, 0.1) is 19.3 Å². The summed E-state index contributed by atoms with van der Waals surface area (Å²) >= 11 is 0. The third-order valence-electron chi connectivity index (χ3n) is 2.42. The summed E-state index contributed by atoms with van der Waals surface area (Å²) in [5.74, 6) is 6.08. The molecule has 18 heavy (non-hydrogen) atoms. The molecule has 0 bridgehead atoms. The topological polar surface area (TPSA) is 52.1 Å². The lowest BCUT2D eigenvalue weighted by atomic mass is 10.1. The maximum atomic E-state index is 5.33. The van der Waals surface area contributed by atoms with Crippen molar-refractivity contribution in [3.63, 3.8) is 0 Å². The molecule has 1 rings (SSSR count). The van der Waals surface area contributed by atoms with Crippen LogP contribution in [0.5, 0.6) is 0 Å². The minimum atomic E-state index is 0.211. The summed E-state index contributed by atoms with van der Waals surface area (Å²) < 4.78 is 10.2. The molecule has 1 aliphatic rings. The summed E-state index contributed by atoms with van der Waals surface area (Å²) in [4.78, 5) is 5.33. The van der Waals surface area contributed by atoms with Crippen LogP contribution in [-0.2, 0) is 14.3 Å². The Hall–Kier alpha value is -1.09. The van der Waals surface area contributed by atoms with Crippen molar-refractivity contribution in [2.45, 2.75) is 19.9 Å². The second-order valence-corrected chi connectivity index (χ2v) is 4.39. The van der Waals surface area contributed by atoms with E-state index in [1.165, 1.54) is 0 Å². The minimum absolute atomic E-state index is 0.211. The lowest BCUT2D eigenvalue weighted by Gasteiger charge is -2.22. The van der Waals surface area contributed by atoms with Gasteiger partial charge in [-0.2, -0.15) is 0 Å². The molecule has 1 N–H and O–H groups in total. The van der Waals surface area contributed by atoms with E-state index in [-0.39, 0.29) is 12.0 Å². The third kappa shape index (κ3) is 6.01. The molecule has 0 aromatic heterocycles. The molecule has 102 valence electrons. The average Bonchev–Trinajstić information content (AvgIpc) is 2.38. The van der Waals surface area contributed by atoms with E-state index >= 15 is 0 Å². The fourth-order valence-electron chi connectivity index (χ4n) is 1.39. The summed E-state index contributed by atoms with van der Waals surface area (Å²) in [6.45, 7) is 7.27. The van der Waals surface area contributed by atoms with Gasteiger partial charge in [-0.25, -0.2) is 0 Å². The Morgan fingerprint density at radius 2 is 2.39 bits per heavy atom. The summed E-state index contributed by atoms with van der Waals surface area (Å²) in [7, 11) is 1.62. The first kappa shape index (κ1) is 15.0. The Balaban J connectivity index is 2.38. The number of nitrogens with zero attached hydrogens (tertiary/aromatic N) is 1. The minimum Gasteiger partial charge on any atom is -0.393 e. The molecule has 0 aromatic carbocycles. The molecule has 0 saturated carbocycles. The van der Waals surface area contributed by atoms with Gasteiger partial charge in [0.2, 0.25) is 0 Å². The van der Waals surface area contributed by atoms with E-state index in [4.69, 9.17) is 14.3 Å². The van der Waals surface area contributed by atoms with Crippen molar-refractivity contribution in [3.05, 3.63) is 0 Å². The van der Waals surface area contributed by atoms with Crippen LogP contribution in [0.4, 0.5) is 0 Å². The van der Waals surface area contributed by atoms with Crippen LogP contribution in [0.15, 0.2) is 5.16 Å². The van der Waals surface area contributed by atoms with Crippen molar-refractivity contribution in [2.75, 3.05) is 40.1 Å². The van der Waals surface area contributed by atoms with E-state index in [9.17, 15) is 0 Å². The van der Waals surface area contributed by atoms with E-state index in [0.29, 0.717) is 19.8 Å². The third-order valence-corrected chi connectivity index (χ3v) is 2.42. The molecule has 0 aromatic rings. The van der Waals surface area contributed by atoms with E-state index in [0.717, 1.165) is 18.9 Å². The summed E-state index contributed by atoms with van der Waals surface area (Å²) in [5.41, 5.74) is 0.740. The zero-order valence-electron chi connectivity index (χ0n) is 11.4. The fraction of sp³-hybridized carbons (Fsp3) is 0.769. The van der Waals surface area contributed by atoms with Crippen molar-refractivity contribution < 1.29 is 14.3 Å². The number of rotatable bonds is 5. The fourth-order valence-corrected chi connectivity index (χ4v) is 1.39. The van der Waals surface area contributed by atoms with Crippen LogP contribution in [0.3, 0.4) is 0 Å². The van der Waals surface area contributed by atoms with E-state index in [1.807, 2.05) is 13.8 Å². The maximum absolute atomic E-state index is 5.33. The monoisotopic (exact) mass is 254 g/mol. The number of hydrogen-bond acceptors (Lipinski definition) is 5. The molecule has 1 aliphatic heterocycles. The Bertz CT molecular complexity index is 312. The molecule has 1 saturated heterocycles. The number of methoxy groups -OCH3 is 1. The standard InChI is InChI=1S/C13H22N2O3/c1-11(2)13(5-4-7-16-3)15-18-10-12-9-17-8-6-14-12/h11-12,14H,6-10H2,1-3H3/b15-13+/t12-/m0/s1. The van der Waals surface area contributed by atoms with E-state index in [2.05, 4.69) is 22.3 Å². The van der Waals surface area contributed by atoms with Crippen molar-refractivity contribution in [2.24, 2.45) is 11.1 Å². The van der Waals surface area contributed by atoms with Crippen LogP contribution < -0.4 is 5.32 Å². The van der Waals surface area contributed by atoms with Crippen LogP contribution in [0.25, 0.3) is 0 Å². The van der Waals surface area contributed by atoms with Gasteiger partial charge in [0, 0.05) is 19.6 Å². The highest BCUT2D eigenvalue weighted by Crippen LogP contribution is 1.99. The first-order chi connectivity index (χ1) is 8.74. The molecular formula is C13H22N2O3. The van der Waals surface area contributed by atoms with Gasteiger partial charge in [0.1, 0.15) is 18.9 Å². The predicted molar refractivity (Wildman–Crippen MR) is 70.5 cm³/mol. The zero-order chi connectivity index (χ0) is 13.2. The van der Waals surface area contributed by atoms with Gasteiger partial charge >= 0.3 is 0 Å². The molecule has 0 radical (unpaired) electrons. The number of oxime groups is 1. The molecular weight excluding hydrogens is 232 g/mol. The zero-order valence-corrected chi connectivity index (χ0v) is 11.4. The molecule has 5 nitrogen and oxygen atoms in total. The molecule has 0 aliphatic carbocycles. The van der Waals surface area contributed by atoms with Crippen molar-refractivity contribution in [3.8, 4) is 11.8 Å². The highest BCUT2D eigenvalue weighted by atomic mass is 16.6. The van der Waals surface area contributed by atoms with E-state index < -0.39 is 0 Å². The normalized spacial score (nSPS) is 20.4. The number of hydrogen-bond donors (Lipinski definition) is 1. The Kier molecular flexibility index (Phi) is 7.42. The second kappa shape index (κ2) is 8.92. The van der Waals surface area contributed by atoms with Crippen LogP contribution in [0.1, 0.15) is 13.8 Å². The number of ether oxygens (including phenoxy) is 2. The Labute approximate surface area is 109 Å². The van der Waals surface area contributed by atoms with Crippen LogP contribution >= 0.6 is 0 Å². The number of morpholine rings is 1. The van der Waals surface area contributed by atoms with Crippen molar-refractivity contribution in [1.29, 1.82) is 0 Å². The largest absolute Gasteiger partial charge is 0.393 e. The Morgan fingerprint density at radius 3 is 3.00 bits per heavy atom. The average molecular weight is 254 g/mol. The molecule has 0 spiro atoms. The highest BCUT2D eigenvalue weighted by Gasteiger charge is 2.13. The van der Waals surface area contributed by atoms with Gasteiger partial charge in [-0.05, 0) is 5.92 Å². The van der Waals surface area contributed by atoms with Crippen molar-refractivity contribution in [1.82, 2.24) is 5.32 Å². The lowest BCUT2D eigenvalue weighted by Crippen LogP contribution is -2.43. The Morgan fingerprint density at radius 1 is 1.56 bits per heavy atom. The van der Waals surface area contributed by atoms with E-state index in [1.54, 1.807) is 7.11 Å². The van der Waals surface area contributed by atoms with Gasteiger partial charge in [-0.1, -0.05) is 24.9 Å². The summed E-state index contributed by atoms with van der Waals surface area (Å²) in [6.07, 6.45) is 0. The number of nitrogens with one attached hydrogen (secondary N) is 1. The SMILES string of the molecule is COCC#C/C(=N\OC[C@@H]1COCCN1)C(C)C. The van der Waals surface area contributed by atoms with Gasteiger partial charge in [-0.3, -0.25) is 0 Å². The second-order valence-electron chi connectivity index (χ2n) is 4.39. The molecule has 0 amide bonds. The molecule has 5 heteroatoms. The maximum Gasteiger partial charge on any atom is 0.134 e. The van der Waals surface area contributed by atoms with Gasteiger partial charge in [0.25, 0.3) is 0 Å².